The van der Waals surface area contributed by atoms with Gasteiger partial charge in [0, 0.05) is 18.3 Å². The van der Waals surface area contributed by atoms with Gasteiger partial charge in [-0.3, -0.25) is 0 Å². The van der Waals surface area contributed by atoms with Crippen LogP contribution in [-0.2, 0) is 6.54 Å². The highest BCUT2D eigenvalue weighted by Gasteiger charge is 2.05. The van der Waals surface area contributed by atoms with E-state index in [0.717, 1.165) is 30.9 Å². The van der Waals surface area contributed by atoms with E-state index in [0.29, 0.717) is 0 Å². The molecule has 0 bridgehead atoms. The van der Waals surface area contributed by atoms with Crippen LogP contribution in [0.2, 0.25) is 0 Å². The van der Waals surface area contributed by atoms with Crippen molar-refractivity contribution in [3.63, 3.8) is 0 Å². The Morgan fingerprint density at radius 2 is 2.38 bits per heavy atom. The molecule has 0 aliphatic carbocycles. The first-order valence-corrected chi connectivity index (χ1v) is 5.41. The summed E-state index contributed by atoms with van der Waals surface area (Å²) < 4.78 is 1.68. The normalized spacial score (nSPS) is 10.6. The molecule has 0 aliphatic rings. The van der Waals surface area contributed by atoms with Gasteiger partial charge in [-0.25, -0.2) is 14.6 Å². The number of nitrogens with one attached hydrogen (secondary N) is 1. The molecule has 2 aromatic heterocycles. The van der Waals surface area contributed by atoms with Gasteiger partial charge in [0.2, 0.25) is 0 Å². The van der Waals surface area contributed by atoms with Crippen LogP contribution in [0.15, 0.2) is 31.0 Å². The lowest BCUT2D eigenvalue weighted by Gasteiger charge is -2.08. The van der Waals surface area contributed by atoms with Crippen LogP contribution >= 0.6 is 0 Å². The van der Waals surface area contributed by atoms with Gasteiger partial charge in [-0.05, 0) is 19.0 Å². The SMILES string of the molecule is CCCNCc1cccnc1-n1cncn1. The molecule has 0 aromatic carbocycles. The summed E-state index contributed by atoms with van der Waals surface area (Å²) in [4.78, 5) is 8.25. The molecule has 0 spiro atoms. The fourth-order valence-electron chi connectivity index (χ4n) is 1.49. The molecule has 0 fully saturated rings. The molecule has 2 heterocycles. The largest absolute Gasteiger partial charge is 0.313 e. The number of pyridine rings is 1. The lowest BCUT2D eigenvalue weighted by atomic mass is 10.2. The van der Waals surface area contributed by atoms with E-state index in [4.69, 9.17) is 0 Å². The molecule has 84 valence electrons. The predicted octanol–water partition coefficient (Wildman–Crippen LogP) is 1.16. The first-order chi connectivity index (χ1) is 7.92. The smallest absolute Gasteiger partial charge is 0.159 e. The van der Waals surface area contributed by atoms with Gasteiger partial charge >= 0.3 is 0 Å². The first-order valence-electron chi connectivity index (χ1n) is 5.41. The molecule has 0 aliphatic heterocycles. The number of nitrogens with zero attached hydrogens (tertiary/aromatic N) is 4. The number of hydrogen-bond acceptors (Lipinski definition) is 4. The zero-order chi connectivity index (χ0) is 11.2. The number of hydrogen-bond donors (Lipinski definition) is 1. The molecule has 2 rings (SSSR count). The summed E-state index contributed by atoms with van der Waals surface area (Å²) in [5.74, 6) is 0.837. The van der Waals surface area contributed by atoms with Crippen LogP contribution in [0.1, 0.15) is 18.9 Å². The Morgan fingerprint density at radius 3 is 3.12 bits per heavy atom. The molecule has 0 saturated heterocycles. The summed E-state index contributed by atoms with van der Waals surface area (Å²) in [6.07, 6.45) is 6.06. The third-order valence-corrected chi connectivity index (χ3v) is 2.25. The zero-order valence-electron chi connectivity index (χ0n) is 9.30. The van der Waals surface area contributed by atoms with Gasteiger partial charge in [-0.2, -0.15) is 5.10 Å². The van der Waals surface area contributed by atoms with Crippen molar-refractivity contribution in [2.24, 2.45) is 0 Å². The van der Waals surface area contributed by atoms with Crippen molar-refractivity contribution in [3.05, 3.63) is 36.5 Å². The molecular formula is C11H15N5. The maximum Gasteiger partial charge on any atom is 0.159 e. The highest BCUT2D eigenvalue weighted by molar-refractivity contribution is 5.31. The van der Waals surface area contributed by atoms with E-state index in [1.807, 2.05) is 12.1 Å². The Kier molecular flexibility index (Phi) is 3.61. The lowest BCUT2D eigenvalue weighted by molar-refractivity contribution is 0.666. The third kappa shape index (κ3) is 2.43. The zero-order valence-corrected chi connectivity index (χ0v) is 9.30. The van der Waals surface area contributed by atoms with E-state index in [-0.39, 0.29) is 0 Å². The van der Waals surface area contributed by atoms with E-state index in [9.17, 15) is 0 Å². The fourth-order valence-corrected chi connectivity index (χ4v) is 1.49. The van der Waals surface area contributed by atoms with Gasteiger partial charge in [0.1, 0.15) is 12.7 Å². The summed E-state index contributed by atoms with van der Waals surface area (Å²) in [7, 11) is 0. The molecule has 1 N–H and O–H groups in total. The second-order valence-corrected chi connectivity index (χ2v) is 3.50. The Balaban J connectivity index is 2.18. The number of aromatic nitrogens is 4. The third-order valence-electron chi connectivity index (χ3n) is 2.25. The monoisotopic (exact) mass is 217 g/mol. The van der Waals surface area contributed by atoms with Gasteiger partial charge in [-0.15, -0.1) is 0 Å². The highest BCUT2D eigenvalue weighted by Crippen LogP contribution is 2.08. The minimum atomic E-state index is 0.802. The Bertz CT molecular complexity index is 424. The fraction of sp³-hybridized carbons (Fsp3) is 0.364. The van der Waals surface area contributed by atoms with Crippen molar-refractivity contribution >= 4 is 0 Å². The summed E-state index contributed by atoms with van der Waals surface area (Å²) in [6, 6.07) is 3.98. The van der Waals surface area contributed by atoms with Crippen LogP contribution in [0.4, 0.5) is 0 Å². The summed E-state index contributed by atoms with van der Waals surface area (Å²) >= 11 is 0. The van der Waals surface area contributed by atoms with Crippen LogP contribution in [0.25, 0.3) is 5.82 Å². The van der Waals surface area contributed by atoms with Gasteiger partial charge in [-0.1, -0.05) is 13.0 Å². The standard InChI is InChI=1S/C11H15N5/c1-2-5-12-7-10-4-3-6-14-11(10)16-9-13-8-15-16/h3-4,6,8-9,12H,2,5,7H2,1H3. The minimum absolute atomic E-state index is 0.802. The predicted molar refractivity (Wildman–Crippen MR) is 61.2 cm³/mol. The van der Waals surface area contributed by atoms with Crippen molar-refractivity contribution in [1.29, 1.82) is 0 Å². The second-order valence-electron chi connectivity index (χ2n) is 3.50. The van der Waals surface area contributed by atoms with Crippen LogP contribution < -0.4 is 5.32 Å². The first kappa shape index (κ1) is 10.8. The summed E-state index contributed by atoms with van der Waals surface area (Å²) in [5, 5.41) is 7.44. The minimum Gasteiger partial charge on any atom is -0.313 e. The van der Waals surface area contributed by atoms with Gasteiger partial charge in [0.15, 0.2) is 5.82 Å². The van der Waals surface area contributed by atoms with Crippen molar-refractivity contribution in [2.45, 2.75) is 19.9 Å². The molecule has 0 radical (unpaired) electrons. The molecular weight excluding hydrogens is 202 g/mol. The second kappa shape index (κ2) is 5.37. The molecule has 5 heteroatoms. The number of rotatable bonds is 5. The van der Waals surface area contributed by atoms with E-state index in [1.165, 1.54) is 6.33 Å². The molecule has 0 saturated carbocycles. The van der Waals surface area contributed by atoms with Gasteiger partial charge < -0.3 is 5.32 Å². The van der Waals surface area contributed by atoms with Crippen molar-refractivity contribution < 1.29 is 0 Å². The van der Waals surface area contributed by atoms with E-state index in [1.54, 1.807) is 17.2 Å². The van der Waals surface area contributed by atoms with E-state index < -0.39 is 0 Å². The van der Waals surface area contributed by atoms with E-state index >= 15 is 0 Å². The quantitative estimate of drug-likeness (QED) is 0.764. The molecule has 5 nitrogen and oxygen atoms in total. The molecule has 16 heavy (non-hydrogen) atoms. The van der Waals surface area contributed by atoms with Crippen LogP contribution in [0.5, 0.6) is 0 Å². The Morgan fingerprint density at radius 1 is 1.44 bits per heavy atom. The molecule has 0 unspecified atom stereocenters. The average molecular weight is 217 g/mol. The Hall–Kier alpha value is -1.75. The van der Waals surface area contributed by atoms with Gasteiger partial charge in [0.25, 0.3) is 0 Å². The Labute approximate surface area is 94.5 Å². The summed E-state index contributed by atoms with van der Waals surface area (Å²) in [5.41, 5.74) is 1.13. The molecule has 0 atom stereocenters. The highest BCUT2D eigenvalue weighted by atomic mass is 15.3. The van der Waals surface area contributed by atoms with E-state index in [2.05, 4.69) is 27.3 Å². The lowest BCUT2D eigenvalue weighted by Crippen LogP contribution is -2.16. The maximum atomic E-state index is 4.32. The summed E-state index contributed by atoms with van der Waals surface area (Å²) in [6.45, 7) is 3.96. The van der Waals surface area contributed by atoms with Crippen molar-refractivity contribution in [1.82, 2.24) is 25.1 Å². The molecule has 2 aromatic rings. The van der Waals surface area contributed by atoms with Crippen LogP contribution in [0, 0.1) is 0 Å². The maximum absolute atomic E-state index is 4.32. The van der Waals surface area contributed by atoms with Crippen LogP contribution in [-0.4, -0.2) is 26.3 Å². The van der Waals surface area contributed by atoms with Gasteiger partial charge in [0.05, 0.1) is 0 Å². The average Bonchev–Trinajstić information content (AvgIpc) is 2.83. The topological polar surface area (TPSA) is 55.6 Å². The van der Waals surface area contributed by atoms with Crippen LogP contribution in [0.3, 0.4) is 0 Å². The molecule has 0 amide bonds. The van der Waals surface area contributed by atoms with Crippen molar-refractivity contribution in [3.8, 4) is 5.82 Å². The van der Waals surface area contributed by atoms with Crippen molar-refractivity contribution in [2.75, 3.05) is 6.54 Å².